The Bertz CT molecular complexity index is 696. The Balaban J connectivity index is 2.08. The minimum atomic E-state index is -0.997. The summed E-state index contributed by atoms with van der Waals surface area (Å²) in [5, 5.41) is 2.80. The highest BCUT2D eigenvalue weighted by Crippen LogP contribution is 2.19. The number of hydrogen-bond donors (Lipinski definition) is 1. The van der Waals surface area contributed by atoms with Gasteiger partial charge in [0.05, 0.1) is 11.3 Å². The highest BCUT2D eigenvalue weighted by molar-refractivity contribution is 7.86. The maximum atomic E-state index is 12.4. The van der Waals surface area contributed by atoms with E-state index in [-0.39, 0.29) is 10.7 Å². The van der Waals surface area contributed by atoms with Crippen molar-refractivity contribution in [2.75, 3.05) is 12.3 Å². The lowest BCUT2D eigenvalue weighted by Gasteiger charge is -2.17. The lowest BCUT2D eigenvalue weighted by atomic mass is 10.1. The van der Waals surface area contributed by atoms with Gasteiger partial charge >= 0.3 is 0 Å². The molecule has 6 heteroatoms. The fourth-order valence-electron chi connectivity index (χ4n) is 1.98. The molecule has 1 amide bonds. The van der Waals surface area contributed by atoms with Crippen LogP contribution in [0, 0.1) is 0 Å². The van der Waals surface area contributed by atoms with Gasteiger partial charge in [-0.25, -0.2) is 9.97 Å². The van der Waals surface area contributed by atoms with Crippen LogP contribution in [-0.4, -0.2) is 37.1 Å². The van der Waals surface area contributed by atoms with E-state index in [4.69, 9.17) is 0 Å². The van der Waals surface area contributed by atoms with Crippen molar-refractivity contribution in [1.82, 2.24) is 15.3 Å². The van der Waals surface area contributed by atoms with E-state index in [9.17, 15) is 9.00 Å². The van der Waals surface area contributed by atoms with E-state index in [1.165, 1.54) is 12.5 Å². The van der Waals surface area contributed by atoms with Crippen LogP contribution in [0.4, 0.5) is 0 Å². The highest BCUT2D eigenvalue weighted by Gasteiger charge is 2.20. The molecule has 1 unspecified atom stereocenters. The Labute approximate surface area is 139 Å². The summed E-state index contributed by atoms with van der Waals surface area (Å²) >= 11 is 0. The minimum Gasteiger partial charge on any atom is -0.351 e. The molecule has 1 heterocycles. The Morgan fingerprint density at radius 1 is 1.22 bits per heavy atom. The van der Waals surface area contributed by atoms with Gasteiger partial charge in [-0.3, -0.25) is 9.00 Å². The molecule has 0 spiro atoms. The molecule has 0 saturated carbocycles. The molecule has 0 fully saturated rings. The van der Waals surface area contributed by atoms with E-state index in [1.54, 1.807) is 0 Å². The molecule has 23 heavy (non-hydrogen) atoms. The first-order valence-corrected chi connectivity index (χ1v) is 8.73. The van der Waals surface area contributed by atoms with Crippen molar-refractivity contribution in [2.24, 2.45) is 0 Å². The fraction of sp³-hybridized carbons (Fsp3) is 0.353. The topological polar surface area (TPSA) is 72.0 Å². The Kier molecular flexibility index (Phi) is 5.60. The Morgan fingerprint density at radius 2 is 1.91 bits per heavy atom. The van der Waals surface area contributed by atoms with Crippen LogP contribution in [0.25, 0.3) is 11.3 Å². The van der Waals surface area contributed by atoms with Crippen molar-refractivity contribution >= 4 is 16.7 Å². The first kappa shape index (κ1) is 17.3. The number of hydrogen-bond acceptors (Lipinski definition) is 4. The predicted molar refractivity (Wildman–Crippen MR) is 92.6 cm³/mol. The average Bonchev–Trinajstić information content (AvgIpc) is 2.54. The second-order valence-electron chi connectivity index (χ2n) is 6.07. The van der Waals surface area contributed by atoms with Crippen molar-refractivity contribution in [3.63, 3.8) is 0 Å². The number of rotatable bonds is 5. The van der Waals surface area contributed by atoms with Crippen LogP contribution in [0.1, 0.15) is 31.1 Å². The third-order valence-electron chi connectivity index (χ3n) is 3.26. The summed E-state index contributed by atoms with van der Waals surface area (Å²) in [6, 6.07) is 9.49. The van der Waals surface area contributed by atoms with E-state index < -0.39 is 10.8 Å². The van der Waals surface area contributed by atoms with Gasteiger partial charge in [-0.15, -0.1) is 0 Å². The number of aromatic nitrogens is 2. The van der Waals surface area contributed by atoms with Gasteiger partial charge in [0.15, 0.2) is 0 Å². The summed E-state index contributed by atoms with van der Waals surface area (Å²) in [6.45, 7) is 6.11. The van der Waals surface area contributed by atoms with Crippen LogP contribution in [0.5, 0.6) is 0 Å². The Hall–Kier alpha value is -2.08. The maximum absolute atomic E-state index is 12.4. The van der Waals surface area contributed by atoms with E-state index in [1.807, 2.05) is 51.1 Å². The molecular weight excluding hydrogens is 310 g/mol. The molecule has 0 radical (unpaired) electrons. The van der Waals surface area contributed by atoms with Gasteiger partial charge in [-0.1, -0.05) is 30.3 Å². The smallest absolute Gasteiger partial charge is 0.255 e. The molecule has 0 aliphatic rings. The lowest BCUT2D eigenvalue weighted by molar-refractivity contribution is 0.0956. The minimum absolute atomic E-state index is 0.254. The van der Waals surface area contributed by atoms with Crippen LogP contribution in [0.3, 0.4) is 0 Å². The molecule has 0 bridgehead atoms. The van der Waals surface area contributed by atoms with E-state index in [2.05, 4.69) is 15.3 Å². The standard InChI is InChI=1S/C17H21N3O2S/c1-17(2,3)23(22)10-9-19-16(21)14-11-18-12-20-15(14)13-7-5-4-6-8-13/h4-8,11-12H,9-10H2,1-3H3,(H,19,21). The molecule has 0 aliphatic carbocycles. The van der Waals surface area contributed by atoms with Gasteiger partial charge in [-0.05, 0) is 20.8 Å². The molecule has 1 aromatic heterocycles. The molecule has 2 rings (SSSR count). The molecule has 5 nitrogen and oxygen atoms in total. The summed E-state index contributed by atoms with van der Waals surface area (Å²) < 4.78 is 11.7. The quantitative estimate of drug-likeness (QED) is 0.913. The summed E-state index contributed by atoms with van der Waals surface area (Å²) in [7, 11) is -0.997. The molecule has 1 N–H and O–H groups in total. The third-order valence-corrected chi connectivity index (χ3v) is 5.20. The molecule has 2 aromatic rings. The monoisotopic (exact) mass is 331 g/mol. The van der Waals surface area contributed by atoms with Gasteiger partial charge in [-0.2, -0.15) is 0 Å². The lowest BCUT2D eigenvalue weighted by Crippen LogP contribution is -2.33. The largest absolute Gasteiger partial charge is 0.351 e. The number of carbonyl (C=O) groups is 1. The zero-order valence-corrected chi connectivity index (χ0v) is 14.4. The van der Waals surface area contributed by atoms with Crippen LogP contribution in [-0.2, 0) is 10.8 Å². The molecule has 1 atom stereocenters. The second kappa shape index (κ2) is 7.46. The van der Waals surface area contributed by atoms with Crippen LogP contribution >= 0.6 is 0 Å². The van der Waals surface area contributed by atoms with Crippen molar-refractivity contribution in [1.29, 1.82) is 0 Å². The number of benzene rings is 1. The zero-order chi connectivity index (χ0) is 16.9. The van der Waals surface area contributed by atoms with Crippen molar-refractivity contribution in [3.8, 4) is 11.3 Å². The molecule has 1 aromatic carbocycles. The number of carbonyl (C=O) groups excluding carboxylic acids is 1. The average molecular weight is 331 g/mol. The van der Waals surface area contributed by atoms with E-state index >= 15 is 0 Å². The van der Waals surface area contributed by atoms with Gasteiger partial charge in [0.1, 0.15) is 6.33 Å². The summed E-state index contributed by atoms with van der Waals surface area (Å²) in [5.74, 6) is 0.166. The van der Waals surface area contributed by atoms with E-state index in [0.717, 1.165) is 5.56 Å². The SMILES string of the molecule is CC(C)(C)S(=O)CCNC(=O)c1cncnc1-c1ccccc1. The van der Waals surface area contributed by atoms with Gasteiger partial charge < -0.3 is 5.32 Å². The van der Waals surface area contributed by atoms with Crippen molar-refractivity contribution in [3.05, 3.63) is 48.4 Å². The molecule has 0 aliphatic heterocycles. The predicted octanol–water partition coefficient (Wildman–Crippen LogP) is 2.42. The van der Waals surface area contributed by atoms with Crippen LogP contribution in [0.2, 0.25) is 0 Å². The molecular formula is C17H21N3O2S. The molecule has 0 saturated heterocycles. The number of amides is 1. The summed E-state index contributed by atoms with van der Waals surface area (Å²) in [4.78, 5) is 20.5. The molecule has 122 valence electrons. The van der Waals surface area contributed by atoms with Crippen molar-refractivity contribution < 1.29 is 9.00 Å². The fourth-order valence-corrected chi connectivity index (χ4v) is 2.88. The van der Waals surface area contributed by atoms with Crippen LogP contribution in [0.15, 0.2) is 42.9 Å². The normalized spacial score (nSPS) is 12.7. The zero-order valence-electron chi connectivity index (χ0n) is 13.6. The third kappa shape index (κ3) is 4.69. The van der Waals surface area contributed by atoms with Crippen LogP contribution < -0.4 is 5.32 Å². The van der Waals surface area contributed by atoms with Gasteiger partial charge in [0, 0.05) is 39.6 Å². The first-order chi connectivity index (χ1) is 10.9. The van der Waals surface area contributed by atoms with Gasteiger partial charge in [0.2, 0.25) is 0 Å². The summed E-state index contributed by atoms with van der Waals surface area (Å²) in [6.07, 6.45) is 2.93. The summed E-state index contributed by atoms with van der Waals surface area (Å²) in [5.41, 5.74) is 1.87. The number of nitrogens with one attached hydrogen (secondary N) is 1. The van der Waals surface area contributed by atoms with Gasteiger partial charge in [0.25, 0.3) is 5.91 Å². The number of nitrogens with zero attached hydrogens (tertiary/aromatic N) is 2. The second-order valence-corrected chi connectivity index (χ2v) is 8.39. The first-order valence-electron chi connectivity index (χ1n) is 7.41. The highest BCUT2D eigenvalue weighted by atomic mass is 32.2. The maximum Gasteiger partial charge on any atom is 0.255 e. The van der Waals surface area contributed by atoms with Crippen molar-refractivity contribution in [2.45, 2.75) is 25.5 Å². The Morgan fingerprint density at radius 3 is 2.57 bits per heavy atom. The van der Waals surface area contributed by atoms with E-state index in [0.29, 0.717) is 23.6 Å².